The molecule has 0 saturated carbocycles. The van der Waals surface area contributed by atoms with Gasteiger partial charge in [0.2, 0.25) is 0 Å². The van der Waals surface area contributed by atoms with Crippen molar-refractivity contribution in [1.82, 2.24) is 0 Å². The van der Waals surface area contributed by atoms with E-state index in [1.807, 2.05) is 36.4 Å². The Labute approximate surface area is 89.6 Å². The third-order valence-electron chi connectivity index (χ3n) is 1.94. The summed E-state index contributed by atoms with van der Waals surface area (Å²) >= 11 is 1.39. The van der Waals surface area contributed by atoms with Crippen LogP contribution in [0.5, 0.6) is 0 Å². The zero-order valence-electron chi connectivity index (χ0n) is 7.42. The van der Waals surface area contributed by atoms with Gasteiger partial charge in [0.25, 0.3) is 0 Å². The minimum absolute atomic E-state index is 0. The van der Waals surface area contributed by atoms with Gasteiger partial charge in [-0.3, -0.25) is 0 Å². The highest BCUT2D eigenvalue weighted by Gasteiger charge is 2.13. The lowest BCUT2D eigenvalue weighted by molar-refractivity contribution is 0.427. The predicted octanol–water partition coefficient (Wildman–Crippen LogP) is 1.59. The second-order valence-corrected chi connectivity index (χ2v) is 4.06. The SMILES string of the molecule is OB(O)c1ccc(-c2ccccc2)s1.[HH].[HH]. The van der Waals surface area contributed by atoms with Crippen molar-refractivity contribution < 1.29 is 12.9 Å². The molecule has 2 nitrogen and oxygen atoms in total. The molecule has 0 unspecified atom stereocenters. The molecule has 0 amide bonds. The molecule has 0 atom stereocenters. The van der Waals surface area contributed by atoms with Crippen LogP contribution < -0.4 is 4.78 Å². The van der Waals surface area contributed by atoms with Crippen LogP contribution in [0, 0.1) is 0 Å². The zero-order chi connectivity index (χ0) is 9.97. The van der Waals surface area contributed by atoms with Gasteiger partial charge in [0.15, 0.2) is 0 Å². The summed E-state index contributed by atoms with van der Waals surface area (Å²) < 4.78 is 0.573. The van der Waals surface area contributed by atoms with Gasteiger partial charge in [-0.05, 0) is 11.6 Å². The fraction of sp³-hybridized carbons (Fsp3) is 0. The lowest BCUT2D eigenvalue weighted by Gasteiger charge is -1.95. The molecule has 4 heteroatoms. The van der Waals surface area contributed by atoms with Crippen molar-refractivity contribution in [2.75, 3.05) is 0 Å². The highest BCUT2D eigenvalue weighted by atomic mass is 32.1. The van der Waals surface area contributed by atoms with E-state index in [4.69, 9.17) is 10.0 Å². The quantitative estimate of drug-likeness (QED) is 0.735. The summed E-state index contributed by atoms with van der Waals surface area (Å²) in [6.45, 7) is 0. The van der Waals surface area contributed by atoms with Crippen molar-refractivity contribution in [3.63, 3.8) is 0 Å². The van der Waals surface area contributed by atoms with E-state index in [1.165, 1.54) is 11.3 Å². The lowest BCUT2D eigenvalue weighted by atomic mass is 9.90. The molecule has 0 saturated heterocycles. The van der Waals surface area contributed by atoms with Gasteiger partial charge in [0, 0.05) is 12.5 Å². The second kappa shape index (κ2) is 3.96. The van der Waals surface area contributed by atoms with Gasteiger partial charge >= 0.3 is 7.12 Å². The van der Waals surface area contributed by atoms with E-state index < -0.39 is 7.12 Å². The van der Waals surface area contributed by atoms with Gasteiger partial charge in [-0.25, -0.2) is 0 Å². The molecule has 0 aliphatic carbocycles. The predicted molar refractivity (Wildman–Crippen MR) is 63.8 cm³/mol. The average molecular weight is 208 g/mol. The van der Waals surface area contributed by atoms with Crippen molar-refractivity contribution in [3.05, 3.63) is 42.5 Å². The maximum atomic E-state index is 8.95. The molecule has 2 rings (SSSR count). The zero-order valence-corrected chi connectivity index (χ0v) is 8.24. The summed E-state index contributed by atoms with van der Waals surface area (Å²) in [5, 5.41) is 17.9. The van der Waals surface area contributed by atoms with E-state index in [-0.39, 0.29) is 2.85 Å². The monoisotopic (exact) mass is 208 g/mol. The van der Waals surface area contributed by atoms with Gasteiger partial charge in [0.1, 0.15) is 0 Å². The molecule has 0 aliphatic heterocycles. The summed E-state index contributed by atoms with van der Waals surface area (Å²) in [7, 11) is -1.36. The molecule has 0 radical (unpaired) electrons. The van der Waals surface area contributed by atoms with Gasteiger partial charge in [-0.2, -0.15) is 0 Å². The first kappa shape index (κ1) is 9.46. The summed E-state index contributed by atoms with van der Waals surface area (Å²) in [5.74, 6) is 0. The van der Waals surface area contributed by atoms with Crippen LogP contribution in [0.1, 0.15) is 2.85 Å². The highest BCUT2D eigenvalue weighted by molar-refractivity contribution is 7.24. The van der Waals surface area contributed by atoms with Crippen LogP contribution in [-0.4, -0.2) is 17.2 Å². The van der Waals surface area contributed by atoms with Crippen molar-refractivity contribution in [3.8, 4) is 10.4 Å². The molecule has 0 spiro atoms. The molecule has 2 aromatic rings. The third kappa shape index (κ3) is 1.87. The number of benzene rings is 1. The first-order valence-electron chi connectivity index (χ1n) is 4.28. The molecule has 1 aromatic heterocycles. The lowest BCUT2D eigenvalue weighted by Crippen LogP contribution is -2.26. The number of hydrogen-bond acceptors (Lipinski definition) is 3. The maximum absolute atomic E-state index is 8.95. The van der Waals surface area contributed by atoms with Crippen LogP contribution in [0.2, 0.25) is 0 Å². The van der Waals surface area contributed by atoms with E-state index in [2.05, 4.69) is 0 Å². The van der Waals surface area contributed by atoms with Crippen molar-refractivity contribution in [1.29, 1.82) is 0 Å². The summed E-state index contributed by atoms with van der Waals surface area (Å²) in [5.41, 5.74) is 1.10. The Kier molecular flexibility index (Phi) is 2.68. The minimum atomic E-state index is -1.36. The molecule has 14 heavy (non-hydrogen) atoms. The Morgan fingerprint density at radius 1 is 1.00 bits per heavy atom. The molecule has 74 valence electrons. The average Bonchev–Trinajstić information content (AvgIpc) is 2.68. The molecule has 2 N–H and O–H groups in total. The number of rotatable bonds is 2. The van der Waals surface area contributed by atoms with Crippen LogP contribution in [0.25, 0.3) is 10.4 Å². The first-order chi connectivity index (χ1) is 6.77. The van der Waals surface area contributed by atoms with Crippen molar-refractivity contribution >= 4 is 23.2 Å². The smallest absolute Gasteiger partial charge is 0.423 e. The van der Waals surface area contributed by atoms with E-state index >= 15 is 0 Å². The van der Waals surface area contributed by atoms with Gasteiger partial charge in [-0.1, -0.05) is 36.4 Å². The van der Waals surface area contributed by atoms with Crippen LogP contribution in [0.3, 0.4) is 0 Å². The fourth-order valence-electron chi connectivity index (χ4n) is 1.25. The van der Waals surface area contributed by atoms with Crippen LogP contribution >= 0.6 is 11.3 Å². The highest BCUT2D eigenvalue weighted by Crippen LogP contribution is 2.22. The Balaban J connectivity index is 0.00000112. The molecule has 0 bridgehead atoms. The molecular weight excluding hydrogens is 195 g/mol. The third-order valence-corrected chi connectivity index (χ3v) is 3.11. The van der Waals surface area contributed by atoms with Crippen LogP contribution in [0.4, 0.5) is 0 Å². The molecule has 0 aliphatic rings. The van der Waals surface area contributed by atoms with Gasteiger partial charge in [0.05, 0.1) is 0 Å². The van der Waals surface area contributed by atoms with E-state index in [0.29, 0.717) is 4.78 Å². The molecular formula is C10H13BO2S. The van der Waals surface area contributed by atoms with Crippen LogP contribution in [0.15, 0.2) is 42.5 Å². The minimum Gasteiger partial charge on any atom is -0.423 e. The van der Waals surface area contributed by atoms with Gasteiger partial charge < -0.3 is 10.0 Å². The van der Waals surface area contributed by atoms with Crippen molar-refractivity contribution in [2.24, 2.45) is 0 Å². The van der Waals surface area contributed by atoms with E-state index in [1.54, 1.807) is 6.07 Å². The molecule has 1 aromatic carbocycles. The molecule has 1 heterocycles. The normalized spacial score (nSPS) is 10.1. The van der Waals surface area contributed by atoms with E-state index in [0.717, 1.165) is 10.4 Å². The van der Waals surface area contributed by atoms with Crippen molar-refractivity contribution in [2.45, 2.75) is 0 Å². The summed E-state index contributed by atoms with van der Waals surface area (Å²) in [6.07, 6.45) is 0. The second-order valence-electron chi connectivity index (χ2n) is 2.94. The standard InChI is InChI=1S/C10H9BO2S.2H2/c12-11(13)10-7-6-9(14-10)8-4-2-1-3-5-8;;/h1-7,12-13H;2*1H. The first-order valence-corrected chi connectivity index (χ1v) is 5.10. The van der Waals surface area contributed by atoms with Gasteiger partial charge in [-0.15, -0.1) is 11.3 Å². The van der Waals surface area contributed by atoms with Crippen LogP contribution in [-0.2, 0) is 0 Å². The largest absolute Gasteiger partial charge is 0.499 e. The van der Waals surface area contributed by atoms with E-state index in [9.17, 15) is 0 Å². The Morgan fingerprint density at radius 3 is 2.29 bits per heavy atom. The maximum Gasteiger partial charge on any atom is 0.499 e. The summed E-state index contributed by atoms with van der Waals surface area (Å²) in [6, 6.07) is 13.5. The fourth-order valence-corrected chi connectivity index (χ4v) is 2.13. The Morgan fingerprint density at radius 2 is 1.71 bits per heavy atom. The Bertz CT molecular complexity index is 420. The Hall–Kier alpha value is -1.10. The number of thiophene rings is 1. The molecule has 0 fully saturated rings. The number of hydrogen-bond donors (Lipinski definition) is 2. The topological polar surface area (TPSA) is 40.5 Å². The summed E-state index contributed by atoms with van der Waals surface area (Å²) in [4.78, 5) is 1.05.